The summed E-state index contributed by atoms with van der Waals surface area (Å²) in [6, 6.07) is 16.0. The molecule has 0 amide bonds. The van der Waals surface area contributed by atoms with Crippen molar-refractivity contribution in [1.82, 2.24) is 0 Å². The Balaban J connectivity index is 0.000000287. The van der Waals surface area contributed by atoms with Crippen LogP contribution in [0.4, 0.5) is 0 Å². The average molecular weight is 567 g/mol. The zero-order chi connectivity index (χ0) is 31.1. The van der Waals surface area contributed by atoms with E-state index in [1.165, 1.54) is 5.57 Å². The molecule has 41 heavy (non-hydrogen) atoms. The fourth-order valence-electron chi connectivity index (χ4n) is 5.67. The number of methoxy groups -OCH3 is 2. The Morgan fingerprint density at radius 1 is 0.878 bits per heavy atom. The van der Waals surface area contributed by atoms with E-state index in [4.69, 9.17) is 18.9 Å². The Hall–Kier alpha value is -2.79. The SMILES string of the molecule is COc1cccc(C2=C(C(C)(C)C)C(C)(C)CCO2)c1.COc1cccc(COCCC(C)(C)C(=O)C(C)(C)C)c1. The Kier molecular flexibility index (Phi) is 11.7. The molecule has 0 saturated heterocycles. The van der Waals surface area contributed by atoms with Crippen molar-refractivity contribution in [2.24, 2.45) is 21.7 Å². The van der Waals surface area contributed by atoms with Crippen molar-refractivity contribution in [2.75, 3.05) is 27.4 Å². The van der Waals surface area contributed by atoms with E-state index in [1.807, 2.05) is 71.0 Å². The summed E-state index contributed by atoms with van der Waals surface area (Å²) in [7, 11) is 3.35. The van der Waals surface area contributed by atoms with Crippen LogP contribution in [0.15, 0.2) is 54.1 Å². The van der Waals surface area contributed by atoms with E-state index >= 15 is 0 Å². The van der Waals surface area contributed by atoms with Crippen molar-refractivity contribution in [2.45, 2.75) is 88.7 Å². The monoisotopic (exact) mass is 566 g/mol. The quantitative estimate of drug-likeness (QED) is 0.283. The second kappa shape index (κ2) is 13.9. The lowest BCUT2D eigenvalue weighted by molar-refractivity contribution is -0.136. The molecular formula is C36H54O5. The first kappa shape index (κ1) is 34.4. The van der Waals surface area contributed by atoms with E-state index < -0.39 is 0 Å². The fourth-order valence-corrected chi connectivity index (χ4v) is 5.67. The van der Waals surface area contributed by atoms with Gasteiger partial charge in [-0.15, -0.1) is 0 Å². The van der Waals surface area contributed by atoms with Gasteiger partial charge >= 0.3 is 0 Å². The molecule has 1 aliphatic rings. The molecule has 2 aromatic carbocycles. The van der Waals surface area contributed by atoms with Gasteiger partial charge in [-0.3, -0.25) is 4.79 Å². The van der Waals surface area contributed by atoms with Crippen molar-refractivity contribution in [3.63, 3.8) is 0 Å². The summed E-state index contributed by atoms with van der Waals surface area (Å²) in [5.74, 6) is 3.02. The molecule has 0 saturated carbocycles. The molecule has 228 valence electrons. The predicted octanol–water partition coefficient (Wildman–Crippen LogP) is 9.14. The van der Waals surface area contributed by atoms with E-state index in [0.717, 1.165) is 47.8 Å². The van der Waals surface area contributed by atoms with E-state index in [0.29, 0.717) is 13.2 Å². The number of rotatable bonds is 9. The normalized spacial score (nSPS) is 15.4. The van der Waals surface area contributed by atoms with Crippen LogP contribution in [-0.4, -0.2) is 33.2 Å². The third kappa shape index (κ3) is 9.92. The first-order chi connectivity index (χ1) is 18.9. The smallest absolute Gasteiger partial charge is 0.143 e. The maximum Gasteiger partial charge on any atom is 0.143 e. The number of allylic oxidation sites excluding steroid dienone is 1. The first-order valence-electron chi connectivity index (χ1n) is 14.7. The lowest BCUT2D eigenvalue weighted by Crippen LogP contribution is -2.35. The number of ketones is 1. The van der Waals surface area contributed by atoms with Crippen LogP contribution in [0.1, 0.15) is 93.2 Å². The summed E-state index contributed by atoms with van der Waals surface area (Å²) in [6.07, 6.45) is 1.79. The van der Waals surface area contributed by atoms with Gasteiger partial charge in [-0.2, -0.15) is 0 Å². The molecule has 0 aromatic heterocycles. The molecule has 5 nitrogen and oxygen atoms in total. The lowest BCUT2D eigenvalue weighted by atomic mass is 9.67. The summed E-state index contributed by atoms with van der Waals surface area (Å²) in [5, 5.41) is 0. The maximum atomic E-state index is 12.4. The van der Waals surface area contributed by atoms with Gasteiger partial charge in [-0.1, -0.05) is 93.5 Å². The third-order valence-corrected chi connectivity index (χ3v) is 7.53. The number of carbonyl (C=O) groups excluding carboxylic acids is 1. The number of benzene rings is 2. The molecule has 0 radical (unpaired) electrons. The largest absolute Gasteiger partial charge is 0.497 e. The summed E-state index contributed by atoms with van der Waals surface area (Å²) in [6.45, 7) is 23.2. The van der Waals surface area contributed by atoms with Gasteiger partial charge in [-0.25, -0.2) is 0 Å². The minimum Gasteiger partial charge on any atom is -0.497 e. The van der Waals surface area contributed by atoms with Crippen LogP contribution in [0.2, 0.25) is 0 Å². The van der Waals surface area contributed by atoms with Crippen molar-refractivity contribution in [3.05, 3.63) is 65.2 Å². The lowest BCUT2D eigenvalue weighted by Gasteiger charge is -2.42. The average Bonchev–Trinajstić information content (AvgIpc) is 2.89. The molecule has 0 spiro atoms. The highest BCUT2D eigenvalue weighted by Crippen LogP contribution is 2.49. The zero-order valence-corrected chi connectivity index (χ0v) is 27.7. The van der Waals surface area contributed by atoms with Gasteiger partial charge in [0, 0.05) is 23.0 Å². The number of hydrogen-bond donors (Lipinski definition) is 0. The summed E-state index contributed by atoms with van der Waals surface area (Å²) in [4.78, 5) is 12.4. The highest BCUT2D eigenvalue weighted by Gasteiger charge is 2.38. The fraction of sp³-hybridized carbons (Fsp3) is 0.583. The topological polar surface area (TPSA) is 54.0 Å². The number of Topliss-reactive ketones (excluding diaryl/α,β-unsaturated/α-hetero) is 1. The number of hydrogen-bond acceptors (Lipinski definition) is 5. The van der Waals surface area contributed by atoms with E-state index in [2.05, 4.69) is 46.8 Å². The van der Waals surface area contributed by atoms with E-state index in [9.17, 15) is 4.79 Å². The first-order valence-corrected chi connectivity index (χ1v) is 14.7. The highest BCUT2D eigenvalue weighted by molar-refractivity contribution is 5.88. The zero-order valence-electron chi connectivity index (χ0n) is 27.7. The van der Waals surface area contributed by atoms with Gasteiger partial charge in [0.1, 0.15) is 23.0 Å². The van der Waals surface area contributed by atoms with Crippen LogP contribution >= 0.6 is 0 Å². The van der Waals surface area contributed by atoms with Crippen LogP contribution in [0.25, 0.3) is 5.76 Å². The van der Waals surface area contributed by atoms with Crippen LogP contribution < -0.4 is 9.47 Å². The standard InChI is InChI=1S/C18H28O3.C18H26O2/c1-17(2,3)16(19)18(4,5)10-11-21-13-14-8-7-9-15(12-14)20-6;1-17(2,3)16-15(20-11-10-18(16,4)5)13-8-7-9-14(12-13)19-6/h7-9,12H,10-11,13H2,1-6H3;7-9,12H,10-11H2,1-6H3. The van der Waals surface area contributed by atoms with Crippen molar-refractivity contribution in [3.8, 4) is 11.5 Å². The molecule has 2 aromatic rings. The predicted molar refractivity (Wildman–Crippen MR) is 169 cm³/mol. The van der Waals surface area contributed by atoms with Crippen molar-refractivity contribution < 1.29 is 23.7 Å². The summed E-state index contributed by atoms with van der Waals surface area (Å²) >= 11 is 0. The number of ether oxygens (including phenoxy) is 4. The molecule has 1 aliphatic heterocycles. The van der Waals surface area contributed by atoms with Crippen molar-refractivity contribution in [1.29, 1.82) is 0 Å². The summed E-state index contributed by atoms with van der Waals surface area (Å²) in [5.41, 5.74) is 3.17. The van der Waals surface area contributed by atoms with Gasteiger partial charge in [0.25, 0.3) is 0 Å². The molecular weight excluding hydrogens is 512 g/mol. The molecule has 0 aliphatic carbocycles. The Morgan fingerprint density at radius 3 is 2.02 bits per heavy atom. The molecule has 1 heterocycles. The minimum atomic E-state index is -0.355. The van der Waals surface area contributed by atoms with Gasteiger partial charge in [-0.05, 0) is 59.1 Å². The minimum absolute atomic E-state index is 0.0856. The van der Waals surface area contributed by atoms with Gasteiger partial charge in [0.15, 0.2) is 0 Å². The van der Waals surface area contributed by atoms with E-state index in [-0.39, 0.29) is 27.4 Å². The Labute approximate surface area is 249 Å². The van der Waals surface area contributed by atoms with E-state index in [1.54, 1.807) is 14.2 Å². The van der Waals surface area contributed by atoms with Crippen molar-refractivity contribution >= 4 is 11.5 Å². The Bertz CT molecular complexity index is 1170. The second-order valence-electron chi connectivity index (χ2n) is 14.3. The molecule has 3 rings (SSSR count). The van der Waals surface area contributed by atoms with Gasteiger partial charge < -0.3 is 18.9 Å². The number of carbonyl (C=O) groups is 1. The molecule has 0 atom stereocenters. The van der Waals surface area contributed by atoms with Crippen LogP contribution in [0.3, 0.4) is 0 Å². The Morgan fingerprint density at radius 2 is 1.46 bits per heavy atom. The molecule has 0 unspecified atom stereocenters. The molecule has 5 heteroatoms. The molecule has 0 N–H and O–H groups in total. The summed E-state index contributed by atoms with van der Waals surface area (Å²) < 4.78 is 22.3. The van der Waals surface area contributed by atoms with Crippen LogP contribution in [0, 0.1) is 21.7 Å². The van der Waals surface area contributed by atoms with Gasteiger partial charge in [0.05, 0.1) is 27.4 Å². The maximum absolute atomic E-state index is 12.4. The van der Waals surface area contributed by atoms with Crippen LogP contribution in [-0.2, 0) is 20.9 Å². The second-order valence-corrected chi connectivity index (χ2v) is 14.3. The molecule has 0 fully saturated rings. The highest BCUT2D eigenvalue weighted by atomic mass is 16.5. The molecule has 0 bridgehead atoms. The third-order valence-electron chi connectivity index (χ3n) is 7.53. The van der Waals surface area contributed by atoms with Gasteiger partial charge in [0.2, 0.25) is 0 Å². The van der Waals surface area contributed by atoms with Crippen LogP contribution in [0.5, 0.6) is 11.5 Å².